The van der Waals surface area contributed by atoms with Gasteiger partial charge in [0.25, 0.3) is 5.91 Å². The van der Waals surface area contributed by atoms with Crippen LogP contribution in [0.4, 0.5) is 5.69 Å². The van der Waals surface area contributed by atoms with Crippen molar-refractivity contribution in [3.05, 3.63) is 24.0 Å². The largest absolute Gasteiger partial charge is 0.370 e. The number of rotatable bonds is 4. The number of hydrogen-bond acceptors (Lipinski definition) is 3. The van der Waals surface area contributed by atoms with E-state index < -0.39 is 0 Å². The van der Waals surface area contributed by atoms with Crippen LogP contribution in [0.5, 0.6) is 0 Å². The predicted octanol–water partition coefficient (Wildman–Crippen LogP) is 2.94. The number of anilines is 1. The van der Waals surface area contributed by atoms with Crippen LogP contribution in [-0.4, -0.2) is 42.0 Å². The molecule has 0 aliphatic carbocycles. The molecular formula is C16H25N3O. The maximum atomic E-state index is 12.2. The van der Waals surface area contributed by atoms with Crippen molar-refractivity contribution in [2.45, 2.75) is 39.5 Å². The lowest BCUT2D eigenvalue weighted by Gasteiger charge is -2.23. The second-order valence-corrected chi connectivity index (χ2v) is 5.28. The van der Waals surface area contributed by atoms with Gasteiger partial charge < -0.3 is 9.80 Å². The zero-order valence-electron chi connectivity index (χ0n) is 12.6. The van der Waals surface area contributed by atoms with E-state index in [-0.39, 0.29) is 5.91 Å². The summed E-state index contributed by atoms with van der Waals surface area (Å²) in [7, 11) is 0. The lowest BCUT2D eigenvalue weighted by molar-refractivity contribution is 0.0767. The molecule has 2 rings (SSSR count). The van der Waals surface area contributed by atoms with E-state index >= 15 is 0 Å². The van der Waals surface area contributed by atoms with Crippen molar-refractivity contribution in [3.63, 3.8) is 0 Å². The Labute approximate surface area is 121 Å². The van der Waals surface area contributed by atoms with Gasteiger partial charge in [0.15, 0.2) is 0 Å². The minimum absolute atomic E-state index is 0.0254. The Morgan fingerprint density at radius 3 is 2.30 bits per heavy atom. The summed E-state index contributed by atoms with van der Waals surface area (Å²) in [5.41, 5.74) is 1.69. The molecule has 0 spiro atoms. The van der Waals surface area contributed by atoms with Crippen LogP contribution in [0, 0.1) is 0 Å². The van der Waals surface area contributed by atoms with E-state index in [9.17, 15) is 4.79 Å². The number of nitrogens with zero attached hydrogens (tertiary/aromatic N) is 3. The maximum Gasteiger partial charge on any atom is 0.272 e. The number of carbonyl (C=O) groups is 1. The van der Waals surface area contributed by atoms with Gasteiger partial charge in [-0.3, -0.25) is 4.79 Å². The first-order valence-corrected chi connectivity index (χ1v) is 7.76. The molecule has 1 fully saturated rings. The van der Waals surface area contributed by atoms with Gasteiger partial charge in [-0.15, -0.1) is 0 Å². The third kappa shape index (κ3) is 3.50. The van der Waals surface area contributed by atoms with Crippen molar-refractivity contribution in [2.75, 3.05) is 31.1 Å². The molecule has 0 unspecified atom stereocenters. The van der Waals surface area contributed by atoms with Crippen molar-refractivity contribution < 1.29 is 4.79 Å². The molecule has 4 heteroatoms. The Morgan fingerprint density at radius 2 is 1.80 bits per heavy atom. The minimum atomic E-state index is 0.0254. The summed E-state index contributed by atoms with van der Waals surface area (Å²) in [6, 6.07) is 3.90. The van der Waals surface area contributed by atoms with Crippen molar-refractivity contribution in [2.24, 2.45) is 0 Å². The molecule has 2 heterocycles. The van der Waals surface area contributed by atoms with Gasteiger partial charge in [0.1, 0.15) is 5.69 Å². The molecule has 1 amide bonds. The summed E-state index contributed by atoms with van der Waals surface area (Å²) in [5.74, 6) is 0.0254. The average Bonchev–Trinajstić information content (AvgIpc) is 2.77. The first-order chi connectivity index (χ1) is 9.76. The predicted molar refractivity (Wildman–Crippen MR) is 82.2 cm³/mol. The molecule has 1 aromatic rings. The highest BCUT2D eigenvalue weighted by atomic mass is 16.2. The Hall–Kier alpha value is -1.58. The van der Waals surface area contributed by atoms with Crippen LogP contribution in [0.2, 0.25) is 0 Å². The minimum Gasteiger partial charge on any atom is -0.370 e. The van der Waals surface area contributed by atoms with E-state index in [0.29, 0.717) is 5.69 Å². The monoisotopic (exact) mass is 275 g/mol. The molecule has 1 saturated heterocycles. The first-order valence-electron chi connectivity index (χ1n) is 7.76. The van der Waals surface area contributed by atoms with Crippen LogP contribution in [0.3, 0.4) is 0 Å². The summed E-state index contributed by atoms with van der Waals surface area (Å²) in [5, 5.41) is 0. The van der Waals surface area contributed by atoms with E-state index in [1.165, 1.54) is 25.7 Å². The van der Waals surface area contributed by atoms with Gasteiger partial charge in [0, 0.05) is 26.2 Å². The topological polar surface area (TPSA) is 36.4 Å². The Morgan fingerprint density at radius 1 is 1.15 bits per heavy atom. The highest BCUT2D eigenvalue weighted by molar-refractivity contribution is 5.92. The molecule has 1 aromatic heterocycles. The summed E-state index contributed by atoms with van der Waals surface area (Å²) >= 11 is 0. The number of pyridine rings is 1. The molecule has 20 heavy (non-hydrogen) atoms. The lowest BCUT2D eigenvalue weighted by Crippen LogP contribution is -2.31. The second-order valence-electron chi connectivity index (χ2n) is 5.28. The summed E-state index contributed by atoms with van der Waals surface area (Å²) in [6.45, 7) is 7.64. The second kappa shape index (κ2) is 7.27. The van der Waals surface area contributed by atoms with Gasteiger partial charge in [-0.1, -0.05) is 12.8 Å². The Bertz CT molecular complexity index is 418. The van der Waals surface area contributed by atoms with Gasteiger partial charge in [-0.2, -0.15) is 0 Å². The van der Waals surface area contributed by atoms with Crippen molar-refractivity contribution >= 4 is 11.6 Å². The van der Waals surface area contributed by atoms with Gasteiger partial charge >= 0.3 is 0 Å². The zero-order valence-corrected chi connectivity index (χ0v) is 12.6. The number of aromatic nitrogens is 1. The fourth-order valence-electron chi connectivity index (χ4n) is 2.70. The van der Waals surface area contributed by atoms with E-state index in [1.54, 1.807) is 4.90 Å². The van der Waals surface area contributed by atoms with Crippen LogP contribution in [0.1, 0.15) is 50.0 Å². The van der Waals surface area contributed by atoms with Gasteiger partial charge in [-0.05, 0) is 38.8 Å². The number of amides is 1. The molecule has 1 aliphatic heterocycles. The van der Waals surface area contributed by atoms with Crippen LogP contribution < -0.4 is 4.90 Å². The lowest BCUT2D eigenvalue weighted by atomic mass is 10.2. The molecule has 1 aliphatic rings. The maximum absolute atomic E-state index is 12.2. The van der Waals surface area contributed by atoms with Crippen molar-refractivity contribution in [1.82, 2.24) is 9.88 Å². The van der Waals surface area contributed by atoms with Gasteiger partial charge in [-0.25, -0.2) is 4.98 Å². The molecule has 0 aromatic carbocycles. The van der Waals surface area contributed by atoms with Crippen molar-refractivity contribution in [1.29, 1.82) is 0 Å². The molecule has 4 nitrogen and oxygen atoms in total. The third-order valence-corrected chi connectivity index (χ3v) is 3.99. The zero-order chi connectivity index (χ0) is 14.4. The normalized spacial score (nSPS) is 15.8. The van der Waals surface area contributed by atoms with Crippen LogP contribution >= 0.6 is 0 Å². The fraction of sp³-hybridized carbons (Fsp3) is 0.625. The molecule has 0 atom stereocenters. The third-order valence-electron chi connectivity index (χ3n) is 3.99. The average molecular weight is 275 g/mol. The van der Waals surface area contributed by atoms with Gasteiger partial charge in [0.05, 0.1) is 11.9 Å². The van der Waals surface area contributed by atoms with E-state index in [4.69, 9.17) is 0 Å². The molecule has 0 saturated carbocycles. The van der Waals surface area contributed by atoms with Crippen molar-refractivity contribution in [3.8, 4) is 0 Å². The van der Waals surface area contributed by atoms with E-state index in [1.807, 2.05) is 32.2 Å². The van der Waals surface area contributed by atoms with Crippen LogP contribution in [-0.2, 0) is 0 Å². The molecular weight excluding hydrogens is 250 g/mol. The molecule has 110 valence electrons. The SMILES string of the molecule is CCN(CC)C(=O)c1ccc(N2CCCCCC2)cn1. The smallest absolute Gasteiger partial charge is 0.272 e. The highest BCUT2D eigenvalue weighted by Gasteiger charge is 2.15. The summed E-state index contributed by atoms with van der Waals surface area (Å²) < 4.78 is 0. The van der Waals surface area contributed by atoms with E-state index in [2.05, 4.69) is 9.88 Å². The van der Waals surface area contributed by atoms with Crippen LogP contribution in [0.15, 0.2) is 18.3 Å². The fourth-order valence-corrected chi connectivity index (χ4v) is 2.70. The summed E-state index contributed by atoms with van der Waals surface area (Å²) in [6.07, 6.45) is 6.99. The summed E-state index contributed by atoms with van der Waals surface area (Å²) in [4.78, 5) is 20.7. The standard InChI is InChI=1S/C16H25N3O/c1-3-18(4-2)16(20)15-10-9-14(13-17-15)19-11-7-5-6-8-12-19/h9-10,13H,3-8,11-12H2,1-2H3. The first kappa shape index (κ1) is 14.8. The number of carbonyl (C=O) groups excluding carboxylic acids is 1. The molecule has 0 bridgehead atoms. The van der Waals surface area contributed by atoms with Crippen LogP contribution in [0.25, 0.3) is 0 Å². The van der Waals surface area contributed by atoms with E-state index in [0.717, 1.165) is 31.9 Å². The highest BCUT2D eigenvalue weighted by Crippen LogP contribution is 2.19. The van der Waals surface area contributed by atoms with Gasteiger partial charge in [0.2, 0.25) is 0 Å². The molecule has 0 N–H and O–H groups in total. The Balaban J connectivity index is 2.07. The quantitative estimate of drug-likeness (QED) is 0.847. The number of hydrogen-bond donors (Lipinski definition) is 0. The molecule has 0 radical (unpaired) electrons. The Kier molecular flexibility index (Phi) is 5.39.